The molecule has 1 heterocycles. The van der Waals surface area contributed by atoms with Crippen molar-refractivity contribution in [3.8, 4) is 0 Å². The van der Waals surface area contributed by atoms with Crippen LogP contribution in [0.5, 0.6) is 0 Å². The summed E-state index contributed by atoms with van der Waals surface area (Å²) in [5.74, 6) is -0.160. The molecule has 0 radical (unpaired) electrons. The largest absolute Gasteiger partial charge is 0.466 e. The van der Waals surface area contributed by atoms with Crippen molar-refractivity contribution in [2.24, 2.45) is 0 Å². The van der Waals surface area contributed by atoms with Crippen molar-refractivity contribution < 1.29 is 49.3 Å². The molecule has 97 heavy (non-hydrogen) atoms. The van der Waals surface area contributed by atoms with E-state index in [1.807, 2.05) is 6.08 Å². The van der Waals surface area contributed by atoms with E-state index in [1.54, 1.807) is 6.08 Å². The predicted molar refractivity (Wildman–Crippen MR) is 412 cm³/mol. The van der Waals surface area contributed by atoms with Crippen LogP contribution in [-0.2, 0) is 23.8 Å². The van der Waals surface area contributed by atoms with Gasteiger partial charge in [0.25, 0.3) is 0 Å². The standard InChI is InChI=1S/C86H165NO10/c1-3-5-7-9-11-13-15-17-18-19-44-47-50-54-58-62-66-70-74-82(91)95-75-71-67-63-59-55-51-48-45-42-40-38-36-34-32-30-28-26-24-22-20-21-23-25-27-29-31-33-35-37-39-41-43-46-49-53-57-61-65-69-73-81(90)87-78(77-96-86-85(94)84(93)83(92)80(76-88)97-86)79(89)72-68-64-60-56-52-16-14-12-10-8-6-4-2/h52,56,68,72,78-80,83-86,88-89,92-94H,3-51,53-55,57-67,69-71,73-77H2,1-2H3,(H,87,90)/b56-52+,72-68+. The number of unbranched alkanes of at least 4 members (excludes halogenated alkanes) is 62. The molecule has 0 bridgehead atoms. The molecule has 0 saturated carbocycles. The van der Waals surface area contributed by atoms with Gasteiger partial charge >= 0.3 is 5.97 Å². The van der Waals surface area contributed by atoms with E-state index in [4.69, 9.17) is 14.2 Å². The first-order chi connectivity index (χ1) is 47.7. The third-order valence-electron chi connectivity index (χ3n) is 20.8. The molecule has 574 valence electrons. The average Bonchev–Trinajstić information content (AvgIpc) is 0.834. The minimum absolute atomic E-state index is 0.0238. The van der Waals surface area contributed by atoms with Gasteiger partial charge in [0.1, 0.15) is 24.4 Å². The molecule has 11 nitrogen and oxygen atoms in total. The summed E-state index contributed by atoms with van der Waals surface area (Å²) in [5.41, 5.74) is 0. The zero-order valence-corrected chi connectivity index (χ0v) is 64.3. The number of hydrogen-bond donors (Lipinski definition) is 6. The molecule has 1 aliphatic rings. The van der Waals surface area contributed by atoms with Crippen molar-refractivity contribution in [1.82, 2.24) is 5.32 Å². The Morgan fingerprint density at radius 1 is 0.371 bits per heavy atom. The van der Waals surface area contributed by atoms with Gasteiger partial charge in [-0.2, -0.15) is 0 Å². The highest BCUT2D eigenvalue weighted by Crippen LogP contribution is 2.24. The van der Waals surface area contributed by atoms with Crippen molar-refractivity contribution in [1.29, 1.82) is 0 Å². The van der Waals surface area contributed by atoms with Crippen LogP contribution in [0.25, 0.3) is 0 Å². The SMILES string of the molecule is CCCCCCCC/C=C/CC/C=C/C(O)C(COC1OC(CO)C(O)C(O)C1O)NC(=O)CCCCCCCCCCCCCCCCCCCCCCCCCCCCCCCCCCCCCCCCCOC(=O)CCCCCCCCCCCCCCCCCCCC. The first-order valence-corrected chi connectivity index (χ1v) is 43.1. The number of ether oxygens (including phenoxy) is 3. The van der Waals surface area contributed by atoms with E-state index in [9.17, 15) is 35.1 Å². The lowest BCUT2D eigenvalue weighted by Crippen LogP contribution is -2.60. The summed E-state index contributed by atoms with van der Waals surface area (Å²) in [6, 6.07) is -0.822. The summed E-state index contributed by atoms with van der Waals surface area (Å²) in [5, 5.41) is 54.5. The molecule has 11 heteroatoms. The van der Waals surface area contributed by atoms with Crippen LogP contribution in [0.15, 0.2) is 24.3 Å². The molecular formula is C86H165NO10. The number of allylic oxidation sites excluding steroid dienone is 3. The summed E-state index contributed by atoms with van der Waals surface area (Å²) >= 11 is 0. The molecule has 1 rings (SSSR count). The third-order valence-corrected chi connectivity index (χ3v) is 20.8. The van der Waals surface area contributed by atoms with Crippen molar-refractivity contribution in [3.63, 3.8) is 0 Å². The number of carbonyl (C=O) groups excluding carboxylic acids is 2. The molecule has 1 saturated heterocycles. The topological polar surface area (TPSA) is 175 Å². The fraction of sp³-hybridized carbons (Fsp3) is 0.930. The first kappa shape index (κ1) is 93.2. The summed E-state index contributed by atoms with van der Waals surface area (Å²) < 4.78 is 16.8. The summed E-state index contributed by atoms with van der Waals surface area (Å²) in [4.78, 5) is 25.2. The Bertz CT molecular complexity index is 1660. The number of rotatable bonds is 78. The van der Waals surface area contributed by atoms with Crippen LogP contribution in [0, 0.1) is 0 Å². The van der Waals surface area contributed by atoms with Gasteiger partial charge in [-0.05, 0) is 44.9 Å². The number of aliphatic hydroxyl groups excluding tert-OH is 5. The number of nitrogens with one attached hydrogen (secondary N) is 1. The van der Waals surface area contributed by atoms with Gasteiger partial charge in [0.2, 0.25) is 5.91 Å². The van der Waals surface area contributed by atoms with Gasteiger partial charge in [-0.3, -0.25) is 9.59 Å². The van der Waals surface area contributed by atoms with E-state index in [1.165, 1.54) is 372 Å². The number of amides is 1. The van der Waals surface area contributed by atoms with Gasteiger partial charge in [-0.1, -0.05) is 417 Å². The maximum atomic E-state index is 13.1. The van der Waals surface area contributed by atoms with E-state index in [0.29, 0.717) is 19.4 Å². The monoisotopic (exact) mass is 1370 g/mol. The maximum absolute atomic E-state index is 13.1. The quantitative estimate of drug-likeness (QED) is 0.0195. The van der Waals surface area contributed by atoms with Crippen LogP contribution in [0.1, 0.15) is 450 Å². The molecule has 7 unspecified atom stereocenters. The number of esters is 1. The lowest BCUT2D eigenvalue weighted by molar-refractivity contribution is -0.302. The summed E-state index contributed by atoms with van der Waals surface area (Å²) in [6.07, 6.45) is 88.3. The number of hydrogen-bond acceptors (Lipinski definition) is 10. The van der Waals surface area contributed by atoms with E-state index < -0.39 is 49.5 Å². The van der Waals surface area contributed by atoms with E-state index in [-0.39, 0.29) is 18.5 Å². The number of aliphatic hydroxyl groups is 5. The molecule has 0 aromatic heterocycles. The zero-order valence-electron chi connectivity index (χ0n) is 64.3. The molecule has 1 aliphatic heterocycles. The van der Waals surface area contributed by atoms with Crippen molar-refractivity contribution in [2.75, 3.05) is 19.8 Å². The smallest absolute Gasteiger partial charge is 0.305 e. The Hall–Kier alpha value is -1.86. The Morgan fingerprint density at radius 3 is 1.02 bits per heavy atom. The Balaban J connectivity index is 1.84. The Morgan fingerprint density at radius 2 is 0.670 bits per heavy atom. The molecule has 1 amide bonds. The maximum Gasteiger partial charge on any atom is 0.305 e. The second kappa shape index (κ2) is 75.3. The zero-order chi connectivity index (χ0) is 70.1. The lowest BCUT2D eigenvalue weighted by atomic mass is 9.99. The van der Waals surface area contributed by atoms with Crippen molar-refractivity contribution in [3.05, 3.63) is 24.3 Å². The van der Waals surface area contributed by atoms with Crippen LogP contribution >= 0.6 is 0 Å². The van der Waals surface area contributed by atoms with Gasteiger partial charge < -0.3 is 45.1 Å². The van der Waals surface area contributed by atoms with Gasteiger partial charge in [0.05, 0.1) is 32.0 Å². The molecule has 0 aromatic rings. The molecule has 7 atom stereocenters. The normalized spacial score (nSPS) is 17.3. The minimum Gasteiger partial charge on any atom is -0.466 e. The van der Waals surface area contributed by atoms with E-state index >= 15 is 0 Å². The predicted octanol–water partition coefficient (Wildman–Crippen LogP) is 23.9. The third kappa shape index (κ3) is 63.6. The molecule has 0 spiro atoms. The van der Waals surface area contributed by atoms with E-state index in [0.717, 1.165) is 51.4 Å². The molecule has 6 N–H and O–H groups in total. The second-order valence-corrected chi connectivity index (χ2v) is 30.2. The van der Waals surface area contributed by atoms with E-state index in [2.05, 4.69) is 31.3 Å². The first-order valence-electron chi connectivity index (χ1n) is 43.1. The van der Waals surface area contributed by atoms with Crippen LogP contribution in [0.4, 0.5) is 0 Å². The van der Waals surface area contributed by atoms with Crippen LogP contribution in [0.2, 0.25) is 0 Å². The van der Waals surface area contributed by atoms with Crippen LogP contribution in [-0.4, -0.2) is 100 Å². The Labute approximate surface area is 601 Å². The van der Waals surface area contributed by atoms with Crippen molar-refractivity contribution >= 4 is 11.9 Å². The molecular weight excluding hydrogens is 1210 g/mol. The van der Waals surface area contributed by atoms with Gasteiger partial charge in [-0.15, -0.1) is 0 Å². The average molecular weight is 1370 g/mol. The highest BCUT2D eigenvalue weighted by atomic mass is 16.7. The molecule has 0 aromatic carbocycles. The van der Waals surface area contributed by atoms with Crippen molar-refractivity contribution in [2.45, 2.75) is 493 Å². The summed E-state index contributed by atoms with van der Waals surface area (Å²) in [6.45, 7) is 4.38. The highest BCUT2D eigenvalue weighted by Gasteiger charge is 2.44. The second-order valence-electron chi connectivity index (χ2n) is 30.2. The lowest BCUT2D eigenvalue weighted by Gasteiger charge is -2.40. The van der Waals surface area contributed by atoms with Crippen LogP contribution in [0.3, 0.4) is 0 Å². The Kier molecular flexibility index (Phi) is 72.3. The number of carbonyl (C=O) groups is 2. The highest BCUT2D eigenvalue weighted by molar-refractivity contribution is 5.76. The minimum atomic E-state index is -1.57. The fourth-order valence-electron chi connectivity index (χ4n) is 14.1. The van der Waals surface area contributed by atoms with Gasteiger partial charge in [0, 0.05) is 12.8 Å². The van der Waals surface area contributed by atoms with Gasteiger partial charge in [-0.25, -0.2) is 0 Å². The van der Waals surface area contributed by atoms with Gasteiger partial charge in [0.15, 0.2) is 6.29 Å². The fourth-order valence-corrected chi connectivity index (χ4v) is 14.1. The summed E-state index contributed by atoms with van der Waals surface area (Å²) in [7, 11) is 0. The molecule has 0 aliphatic carbocycles. The molecule has 1 fully saturated rings. The van der Waals surface area contributed by atoms with Crippen LogP contribution < -0.4 is 5.32 Å².